The van der Waals surface area contributed by atoms with Gasteiger partial charge in [-0.25, -0.2) is 0 Å². The average Bonchev–Trinajstić information content (AvgIpc) is 2.90. The summed E-state index contributed by atoms with van der Waals surface area (Å²) in [6.45, 7) is 3.26. The molecule has 2 atom stereocenters. The first-order valence-corrected chi connectivity index (χ1v) is 9.27. The second-order valence-electron chi connectivity index (χ2n) is 6.58. The van der Waals surface area contributed by atoms with Crippen molar-refractivity contribution in [3.63, 3.8) is 0 Å². The van der Waals surface area contributed by atoms with Crippen molar-refractivity contribution in [1.29, 1.82) is 0 Å². The maximum Gasteiger partial charge on any atom is 0.146 e. The Hall–Kier alpha value is -0.530. The molecule has 1 nitrogen and oxygen atoms in total. The lowest BCUT2D eigenvalue weighted by atomic mass is 9.63. The molecule has 1 saturated carbocycles. The molecule has 0 N–H and O–H groups in total. The number of halogens is 1. The second-order valence-corrected chi connectivity index (χ2v) is 8.08. The lowest BCUT2D eigenvalue weighted by molar-refractivity contribution is -0.0616. The minimum Gasteiger partial charge on any atom is -0.361 e. The molecular weight excluding hydrogens is 371 g/mol. The lowest BCUT2D eigenvalue weighted by Gasteiger charge is -2.46. The van der Waals surface area contributed by atoms with Crippen LogP contribution < -0.4 is 0 Å². The summed E-state index contributed by atoms with van der Waals surface area (Å²) in [7, 11) is 0. The van der Waals surface area contributed by atoms with Gasteiger partial charge in [0.1, 0.15) is 5.60 Å². The normalized spacial score (nSPS) is 31.4. The van der Waals surface area contributed by atoms with Gasteiger partial charge >= 0.3 is 0 Å². The fourth-order valence-corrected chi connectivity index (χ4v) is 5.17. The average molecular weight is 394 g/mol. The predicted octanol–water partition coefficient (Wildman–Crippen LogP) is 4.97. The van der Waals surface area contributed by atoms with Gasteiger partial charge in [0.2, 0.25) is 0 Å². The van der Waals surface area contributed by atoms with Crippen molar-refractivity contribution in [2.45, 2.75) is 55.0 Å². The van der Waals surface area contributed by atoms with Crippen molar-refractivity contribution in [3.05, 3.63) is 35.9 Å². The summed E-state index contributed by atoms with van der Waals surface area (Å²) in [5.41, 5.74) is 1.04. The van der Waals surface area contributed by atoms with E-state index in [0.717, 1.165) is 18.6 Å². The summed E-state index contributed by atoms with van der Waals surface area (Å²) < 4.78 is 6.83. The summed E-state index contributed by atoms with van der Waals surface area (Å²) in [6.07, 6.45) is 7.62. The third kappa shape index (κ3) is 2.87. The summed E-state index contributed by atoms with van der Waals surface area (Å²) in [4.78, 5) is 0. The molecule has 0 spiro atoms. The topological polar surface area (TPSA) is 9.23 Å². The van der Waals surface area contributed by atoms with Gasteiger partial charge in [0.15, 0.2) is 0 Å². The van der Waals surface area contributed by atoms with E-state index in [-0.39, 0.29) is 11.0 Å². The van der Waals surface area contributed by atoms with Crippen LogP contribution in [0.15, 0.2) is 30.3 Å². The van der Waals surface area contributed by atoms with Crippen molar-refractivity contribution < 1.29 is 4.74 Å². The molecule has 1 saturated heterocycles. The van der Waals surface area contributed by atoms with E-state index >= 15 is 0 Å². The number of rotatable bonds is 1. The van der Waals surface area contributed by atoms with E-state index in [1.165, 1.54) is 32.1 Å². The highest BCUT2D eigenvalue weighted by molar-refractivity contribution is 14.1. The van der Waals surface area contributed by atoms with Gasteiger partial charge in [-0.15, -0.1) is 0 Å². The molecule has 0 unspecified atom stereocenters. The molecule has 1 aromatic rings. The number of ether oxygens (including phenoxy) is 1. The SMILES string of the molecule is CC1([C@]2(C#Cc3ccccc3)OCC[C@H]2I)CCCCC1. The van der Waals surface area contributed by atoms with Crippen LogP contribution in [-0.2, 0) is 4.74 Å². The molecule has 1 aromatic carbocycles. The van der Waals surface area contributed by atoms with Crippen LogP contribution in [0.2, 0.25) is 0 Å². The monoisotopic (exact) mass is 394 g/mol. The zero-order valence-electron chi connectivity index (χ0n) is 12.7. The van der Waals surface area contributed by atoms with Crippen LogP contribution in [-0.4, -0.2) is 16.1 Å². The van der Waals surface area contributed by atoms with Crippen molar-refractivity contribution in [1.82, 2.24) is 0 Å². The van der Waals surface area contributed by atoms with Crippen LogP contribution in [0.25, 0.3) is 0 Å². The van der Waals surface area contributed by atoms with E-state index in [2.05, 4.69) is 65.6 Å². The highest BCUT2D eigenvalue weighted by Crippen LogP contribution is 2.52. The van der Waals surface area contributed by atoms with E-state index in [1.54, 1.807) is 0 Å². The largest absolute Gasteiger partial charge is 0.361 e. The molecule has 2 aliphatic rings. The minimum absolute atomic E-state index is 0.204. The van der Waals surface area contributed by atoms with Gasteiger partial charge in [0.25, 0.3) is 0 Å². The van der Waals surface area contributed by atoms with Gasteiger partial charge in [-0.2, -0.15) is 0 Å². The van der Waals surface area contributed by atoms with Gasteiger partial charge in [-0.1, -0.05) is 78.8 Å². The van der Waals surface area contributed by atoms with Gasteiger partial charge in [-0.3, -0.25) is 0 Å². The fourth-order valence-electron chi connectivity index (χ4n) is 3.82. The van der Waals surface area contributed by atoms with E-state index < -0.39 is 0 Å². The Labute approximate surface area is 142 Å². The fraction of sp³-hybridized carbons (Fsp3) is 0.579. The summed E-state index contributed by atoms with van der Waals surface area (Å²) in [6, 6.07) is 10.3. The van der Waals surface area contributed by atoms with Crippen LogP contribution in [0.3, 0.4) is 0 Å². The highest BCUT2D eigenvalue weighted by Gasteiger charge is 2.55. The standard InChI is InChI=1S/C19H23IO/c1-18(12-6-3-7-13-18)19(17(20)11-15-21-19)14-10-16-8-4-2-5-9-16/h2,4-5,8-9,17H,3,6-7,11-13,15H2,1H3/t17-,19-/m1/s1. The molecular formula is C19H23IO. The second kappa shape index (κ2) is 6.30. The third-order valence-corrected chi connectivity index (χ3v) is 6.66. The Morgan fingerprint density at radius 3 is 2.48 bits per heavy atom. The Bertz CT molecular complexity index is 536. The number of benzene rings is 1. The molecule has 1 heterocycles. The Morgan fingerprint density at radius 2 is 1.86 bits per heavy atom. The molecule has 2 fully saturated rings. The van der Waals surface area contributed by atoms with E-state index in [4.69, 9.17) is 4.74 Å². The summed E-state index contributed by atoms with van der Waals surface area (Å²) >= 11 is 2.57. The van der Waals surface area contributed by atoms with E-state index in [1.807, 2.05) is 6.07 Å². The molecule has 1 aliphatic heterocycles. The smallest absolute Gasteiger partial charge is 0.146 e. The molecule has 0 aromatic heterocycles. The lowest BCUT2D eigenvalue weighted by Crippen LogP contribution is -2.51. The van der Waals surface area contributed by atoms with Crippen molar-refractivity contribution in [2.24, 2.45) is 5.41 Å². The highest BCUT2D eigenvalue weighted by atomic mass is 127. The van der Waals surface area contributed by atoms with E-state index in [9.17, 15) is 0 Å². The maximum atomic E-state index is 6.34. The molecule has 112 valence electrons. The Morgan fingerprint density at radius 1 is 1.14 bits per heavy atom. The van der Waals surface area contributed by atoms with Crippen LogP contribution >= 0.6 is 22.6 Å². The molecule has 0 bridgehead atoms. The molecule has 1 aliphatic carbocycles. The van der Waals surface area contributed by atoms with Crippen molar-refractivity contribution in [3.8, 4) is 11.8 Å². The molecule has 21 heavy (non-hydrogen) atoms. The van der Waals surface area contributed by atoms with Crippen molar-refractivity contribution in [2.75, 3.05) is 6.61 Å². The third-order valence-electron chi connectivity index (χ3n) is 5.16. The Balaban J connectivity index is 1.97. The van der Waals surface area contributed by atoms with Gasteiger partial charge in [0, 0.05) is 17.6 Å². The number of hydrogen-bond donors (Lipinski definition) is 0. The number of alkyl halides is 1. The minimum atomic E-state index is -0.260. The van der Waals surface area contributed by atoms with Crippen LogP contribution in [0.1, 0.15) is 51.0 Å². The van der Waals surface area contributed by atoms with Gasteiger partial charge in [0.05, 0.1) is 3.92 Å². The zero-order valence-corrected chi connectivity index (χ0v) is 14.9. The van der Waals surface area contributed by atoms with Crippen LogP contribution in [0.5, 0.6) is 0 Å². The summed E-state index contributed by atoms with van der Waals surface area (Å²) in [5.74, 6) is 6.99. The molecule has 0 amide bonds. The van der Waals surface area contributed by atoms with Gasteiger partial charge in [-0.05, 0) is 31.4 Å². The number of hydrogen-bond acceptors (Lipinski definition) is 1. The zero-order chi connectivity index (χ0) is 14.8. The maximum absolute atomic E-state index is 6.34. The molecule has 2 heteroatoms. The Kier molecular flexibility index (Phi) is 4.61. The predicted molar refractivity (Wildman–Crippen MR) is 95.6 cm³/mol. The molecule has 0 radical (unpaired) electrons. The first-order chi connectivity index (χ1) is 10.2. The van der Waals surface area contributed by atoms with Crippen LogP contribution in [0, 0.1) is 17.3 Å². The van der Waals surface area contributed by atoms with Crippen molar-refractivity contribution >= 4 is 22.6 Å². The first kappa shape index (κ1) is 15.4. The molecule has 3 rings (SSSR count). The first-order valence-electron chi connectivity index (χ1n) is 8.03. The quantitative estimate of drug-likeness (QED) is 0.371. The van der Waals surface area contributed by atoms with Crippen LogP contribution in [0.4, 0.5) is 0 Å². The van der Waals surface area contributed by atoms with Gasteiger partial charge < -0.3 is 4.74 Å². The summed E-state index contributed by atoms with van der Waals surface area (Å²) in [5, 5.41) is 0. The van der Waals surface area contributed by atoms with E-state index in [0.29, 0.717) is 3.92 Å².